The normalized spacial score (nSPS) is 24.4. The molecule has 44 heavy (non-hydrogen) atoms. The molecule has 2 aliphatic heterocycles. The third kappa shape index (κ3) is 7.17. The van der Waals surface area contributed by atoms with Crippen LogP contribution in [0.1, 0.15) is 56.4 Å². The molecule has 3 heterocycles. The van der Waals surface area contributed by atoms with Crippen LogP contribution < -0.4 is 16.0 Å². The van der Waals surface area contributed by atoms with Gasteiger partial charge in [0.25, 0.3) is 11.8 Å². The van der Waals surface area contributed by atoms with Crippen LogP contribution in [0.2, 0.25) is 10.0 Å². The summed E-state index contributed by atoms with van der Waals surface area (Å²) in [6, 6.07) is 3.14. The number of fused-ring (bicyclic) bond motifs is 2. The van der Waals surface area contributed by atoms with Crippen molar-refractivity contribution in [3.8, 4) is 0 Å². The Bertz CT molecular complexity index is 1400. The van der Waals surface area contributed by atoms with Crippen LogP contribution in [0.15, 0.2) is 18.2 Å². The average molecular weight is 651 g/mol. The highest BCUT2D eigenvalue weighted by Crippen LogP contribution is 2.43. The largest absolute Gasteiger partial charge is 0.381 e. The number of amides is 4. The summed E-state index contributed by atoms with van der Waals surface area (Å²) < 4.78 is 5.51. The standard InChI is InChI=1S/C31H41Cl2N5O6/c1-16(2)15-44-9-8-35-30(42)27(39)24(10-17-6-7-34-28(17)40)37-29(41)26-20-5-3-4-18(20)14-38(26)31(43)25-13-21-22(33)11-19(32)12-23(21)36-25/h11-13,16-18,20,24,26-27,36,39H,3-10,14-15H2,1-2H3,(H,34,40)(H,35,42)(H,37,41)/t17-,18-,20-,24-,26-,27?/m0/s1. The van der Waals surface area contributed by atoms with Crippen LogP contribution in [0.3, 0.4) is 0 Å². The Morgan fingerprint density at radius 3 is 2.68 bits per heavy atom. The number of rotatable bonds is 12. The van der Waals surface area contributed by atoms with Gasteiger partial charge < -0.3 is 35.7 Å². The van der Waals surface area contributed by atoms with Crippen LogP contribution in [0.25, 0.3) is 10.9 Å². The summed E-state index contributed by atoms with van der Waals surface area (Å²) in [6.45, 7) is 5.98. The summed E-state index contributed by atoms with van der Waals surface area (Å²) in [5.74, 6) is -1.62. The number of aromatic amines is 1. The number of carbonyl (C=O) groups is 4. The molecule has 1 aliphatic carbocycles. The number of hydrogen-bond acceptors (Lipinski definition) is 6. The summed E-state index contributed by atoms with van der Waals surface area (Å²) >= 11 is 12.5. The molecule has 1 saturated carbocycles. The number of H-pyrrole nitrogens is 1. The van der Waals surface area contributed by atoms with Gasteiger partial charge in [-0.05, 0) is 61.6 Å². The monoisotopic (exact) mass is 649 g/mol. The van der Waals surface area contributed by atoms with Crippen LogP contribution in [-0.4, -0.2) is 89.7 Å². The lowest BCUT2D eigenvalue weighted by Gasteiger charge is -2.31. The van der Waals surface area contributed by atoms with Crippen molar-refractivity contribution < 1.29 is 29.0 Å². The maximum Gasteiger partial charge on any atom is 0.271 e. The highest BCUT2D eigenvalue weighted by molar-refractivity contribution is 6.38. The van der Waals surface area contributed by atoms with Gasteiger partial charge in [-0.25, -0.2) is 0 Å². The van der Waals surface area contributed by atoms with E-state index in [1.54, 1.807) is 23.1 Å². The molecule has 1 aromatic carbocycles. The van der Waals surface area contributed by atoms with Gasteiger partial charge in [-0.15, -0.1) is 0 Å². The van der Waals surface area contributed by atoms with E-state index in [4.69, 9.17) is 27.9 Å². The van der Waals surface area contributed by atoms with Gasteiger partial charge in [-0.1, -0.05) is 43.5 Å². The molecule has 2 aromatic rings. The van der Waals surface area contributed by atoms with Gasteiger partial charge in [0.2, 0.25) is 11.8 Å². The number of ether oxygens (including phenoxy) is 1. The molecule has 0 radical (unpaired) electrons. The highest BCUT2D eigenvalue weighted by Gasteiger charge is 2.50. The molecule has 2 saturated heterocycles. The number of hydrogen-bond donors (Lipinski definition) is 5. The quantitative estimate of drug-likeness (QED) is 0.223. The number of nitrogens with one attached hydrogen (secondary N) is 4. The lowest BCUT2D eigenvalue weighted by Crippen LogP contribution is -2.57. The first-order valence-corrected chi connectivity index (χ1v) is 16.2. The maximum atomic E-state index is 14.0. The van der Waals surface area contributed by atoms with Crippen molar-refractivity contribution >= 4 is 57.7 Å². The summed E-state index contributed by atoms with van der Waals surface area (Å²) in [6.07, 6.45) is 1.68. The fraction of sp³-hybridized carbons (Fsp3) is 0.613. The zero-order chi connectivity index (χ0) is 31.5. The Hall–Kier alpha value is -2.86. The van der Waals surface area contributed by atoms with E-state index in [2.05, 4.69) is 20.9 Å². The average Bonchev–Trinajstić information content (AvgIpc) is 3.75. The fourth-order valence-corrected chi connectivity index (χ4v) is 7.39. The van der Waals surface area contributed by atoms with Gasteiger partial charge in [0.15, 0.2) is 6.10 Å². The molecule has 3 aliphatic rings. The van der Waals surface area contributed by atoms with E-state index in [0.29, 0.717) is 58.7 Å². The van der Waals surface area contributed by atoms with Gasteiger partial charge in [0, 0.05) is 48.1 Å². The van der Waals surface area contributed by atoms with E-state index < -0.39 is 35.9 Å². The molecule has 6 atom stereocenters. The Kier molecular flexibility index (Phi) is 10.4. The van der Waals surface area contributed by atoms with Crippen molar-refractivity contribution in [2.24, 2.45) is 23.7 Å². The van der Waals surface area contributed by atoms with Gasteiger partial charge >= 0.3 is 0 Å². The molecular weight excluding hydrogens is 609 g/mol. The first kappa shape index (κ1) is 32.5. The second-order valence-corrected chi connectivity index (χ2v) is 13.5. The highest BCUT2D eigenvalue weighted by atomic mass is 35.5. The third-order valence-electron chi connectivity index (χ3n) is 8.98. The van der Waals surface area contributed by atoms with Crippen LogP contribution >= 0.6 is 23.2 Å². The van der Waals surface area contributed by atoms with Crippen LogP contribution in [0.5, 0.6) is 0 Å². The van der Waals surface area contributed by atoms with Crippen molar-refractivity contribution in [1.82, 2.24) is 25.8 Å². The minimum atomic E-state index is -1.59. The van der Waals surface area contributed by atoms with Gasteiger partial charge in [-0.3, -0.25) is 19.2 Å². The number of aliphatic hydroxyl groups is 1. The second kappa shape index (κ2) is 14.1. The summed E-state index contributed by atoms with van der Waals surface area (Å²) in [7, 11) is 0. The molecule has 1 unspecified atom stereocenters. The molecule has 11 nitrogen and oxygen atoms in total. The number of nitrogens with zero attached hydrogens (tertiary/aromatic N) is 1. The second-order valence-electron chi connectivity index (χ2n) is 12.6. The molecular formula is C31H41Cl2N5O6. The minimum absolute atomic E-state index is 0.0548. The molecule has 240 valence electrons. The van der Waals surface area contributed by atoms with E-state index in [1.807, 2.05) is 13.8 Å². The SMILES string of the molecule is CC(C)COCCNC(=O)C(O)[C@H](C[C@@H]1CCNC1=O)NC(=O)[C@@H]1[C@H]2CCC[C@H]2CN1C(=O)c1cc2c(Cl)cc(Cl)cc2[nH]1. The van der Waals surface area contributed by atoms with Crippen LogP contribution in [0.4, 0.5) is 0 Å². The van der Waals surface area contributed by atoms with Crippen molar-refractivity contribution in [1.29, 1.82) is 0 Å². The van der Waals surface area contributed by atoms with Gasteiger partial charge in [-0.2, -0.15) is 0 Å². The smallest absolute Gasteiger partial charge is 0.271 e. The molecule has 5 N–H and O–H groups in total. The van der Waals surface area contributed by atoms with Crippen molar-refractivity contribution in [2.45, 2.75) is 64.1 Å². The molecule has 4 amide bonds. The Labute approximate surface area is 266 Å². The maximum absolute atomic E-state index is 14.0. The first-order valence-electron chi connectivity index (χ1n) is 15.4. The van der Waals surface area contributed by atoms with Crippen molar-refractivity contribution in [3.63, 3.8) is 0 Å². The minimum Gasteiger partial charge on any atom is -0.381 e. The number of aliphatic hydroxyl groups excluding tert-OH is 1. The van der Waals surface area contributed by atoms with Crippen LogP contribution in [-0.2, 0) is 19.1 Å². The number of aromatic nitrogens is 1. The van der Waals surface area contributed by atoms with E-state index >= 15 is 0 Å². The first-order chi connectivity index (χ1) is 21.0. The summed E-state index contributed by atoms with van der Waals surface area (Å²) in [4.78, 5) is 58.0. The fourth-order valence-electron chi connectivity index (χ4n) is 6.84. The molecule has 3 fully saturated rings. The molecule has 0 bridgehead atoms. The zero-order valence-electron chi connectivity index (χ0n) is 25.0. The topological polar surface area (TPSA) is 153 Å². The van der Waals surface area contributed by atoms with E-state index in [9.17, 15) is 24.3 Å². The van der Waals surface area contributed by atoms with Crippen LogP contribution in [0, 0.1) is 23.7 Å². The molecule has 5 rings (SSSR count). The lowest BCUT2D eigenvalue weighted by molar-refractivity contribution is -0.135. The molecule has 0 spiro atoms. The third-order valence-corrected chi connectivity index (χ3v) is 9.51. The summed E-state index contributed by atoms with van der Waals surface area (Å²) in [5.41, 5.74) is 0.908. The Balaban J connectivity index is 1.33. The number of halogens is 2. The Morgan fingerprint density at radius 1 is 1.16 bits per heavy atom. The van der Waals surface area contributed by atoms with E-state index in [0.717, 1.165) is 19.3 Å². The molecule has 13 heteroatoms. The predicted molar refractivity (Wildman–Crippen MR) is 166 cm³/mol. The van der Waals surface area contributed by atoms with E-state index in [1.165, 1.54) is 0 Å². The lowest BCUT2D eigenvalue weighted by atomic mass is 9.91. The molecule has 1 aromatic heterocycles. The number of likely N-dealkylation sites (tertiary alicyclic amines) is 1. The predicted octanol–water partition coefficient (Wildman–Crippen LogP) is 2.88. The van der Waals surface area contributed by atoms with E-state index in [-0.39, 0.29) is 43.2 Å². The summed E-state index contributed by atoms with van der Waals surface area (Å²) in [5, 5.41) is 21.0. The van der Waals surface area contributed by atoms with Gasteiger partial charge in [0.05, 0.1) is 17.7 Å². The number of carbonyl (C=O) groups excluding carboxylic acids is 4. The van der Waals surface area contributed by atoms with Gasteiger partial charge in [0.1, 0.15) is 11.7 Å². The van der Waals surface area contributed by atoms with Crippen molar-refractivity contribution in [3.05, 3.63) is 33.9 Å². The Morgan fingerprint density at radius 2 is 1.95 bits per heavy atom. The number of benzene rings is 1. The zero-order valence-corrected chi connectivity index (χ0v) is 26.5. The van der Waals surface area contributed by atoms with Crippen molar-refractivity contribution in [2.75, 3.05) is 32.8 Å².